The van der Waals surface area contributed by atoms with Crippen LogP contribution in [0.4, 0.5) is 0 Å². The number of nitrogens with zero attached hydrogens (tertiary/aromatic N) is 2. The van der Waals surface area contributed by atoms with E-state index in [9.17, 15) is 38.3 Å². The summed E-state index contributed by atoms with van der Waals surface area (Å²) in [6.07, 6.45) is 3.04. The first kappa shape index (κ1) is 39.0. The topological polar surface area (TPSA) is 302 Å². The SMILES string of the molecule is O=P([O-])(O)C(O)(Cc1cccnc1)P(=O)(O)O.O=P([O-])(O)C(O)(Cc1cccnc1)P(=O)(O)O.[Na+].[Na+]. The largest absolute Gasteiger partial charge is 1.00 e. The molecule has 0 aromatic carbocycles. The maximum absolute atomic E-state index is 11.0. The van der Waals surface area contributed by atoms with Crippen molar-refractivity contribution in [1.29, 1.82) is 0 Å². The minimum Gasteiger partial charge on any atom is -0.776 e. The summed E-state index contributed by atoms with van der Waals surface area (Å²) in [4.78, 5) is 82.0. The van der Waals surface area contributed by atoms with Crippen LogP contribution in [0.1, 0.15) is 11.1 Å². The van der Waals surface area contributed by atoms with Gasteiger partial charge in [0.1, 0.15) is 0 Å². The Labute approximate surface area is 248 Å². The summed E-state index contributed by atoms with van der Waals surface area (Å²) in [7, 11) is -22.3. The molecule has 8 N–H and O–H groups in total. The average molecular weight is 610 g/mol. The van der Waals surface area contributed by atoms with Gasteiger partial charge in [0.05, 0.1) is 0 Å². The molecule has 0 bridgehead atoms. The number of rotatable bonds is 8. The Morgan fingerprint density at radius 2 is 0.944 bits per heavy atom. The number of hydrogen-bond donors (Lipinski definition) is 8. The van der Waals surface area contributed by atoms with E-state index in [1.807, 2.05) is 0 Å². The van der Waals surface area contributed by atoms with Gasteiger partial charge in [0, 0.05) is 37.6 Å². The van der Waals surface area contributed by atoms with E-state index in [0.29, 0.717) is 0 Å². The van der Waals surface area contributed by atoms with Crippen LogP contribution in [0, 0.1) is 0 Å². The van der Waals surface area contributed by atoms with E-state index in [0.717, 1.165) is 12.4 Å². The van der Waals surface area contributed by atoms with Crippen LogP contribution in [-0.2, 0) is 31.1 Å². The number of aromatic nitrogens is 2. The molecule has 0 radical (unpaired) electrons. The average Bonchev–Trinajstić information content (AvgIpc) is 2.66. The van der Waals surface area contributed by atoms with Crippen LogP contribution in [0.5, 0.6) is 0 Å². The Kier molecular flexibility index (Phi) is 15.6. The Bertz CT molecular complexity index is 1020. The molecule has 16 nitrogen and oxygen atoms in total. The molecule has 0 saturated heterocycles. The first-order valence-corrected chi connectivity index (χ1v) is 15.0. The van der Waals surface area contributed by atoms with Gasteiger partial charge in [-0.3, -0.25) is 19.1 Å². The van der Waals surface area contributed by atoms with Crippen molar-refractivity contribution in [3.05, 3.63) is 60.2 Å². The van der Waals surface area contributed by atoms with Gasteiger partial charge in [0.25, 0.3) is 0 Å². The molecule has 2 aromatic heterocycles. The normalized spacial score (nSPS) is 18.3. The third-order valence-corrected chi connectivity index (χ3v) is 11.6. The molecule has 0 aliphatic carbocycles. The molecule has 4 atom stereocenters. The van der Waals surface area contributed by atoms with Gasteiger partial charge in [0.15, 0.2) is 15.2 Å². The molecule has 2 heterocycles. The molecule has 36 heavy (non-hydrogen) atoms. The van der Waals surface area contributed by atoms with E-state index in [1.54, 1.807) is 0 Å². The van der Waals surface area contributed by atoms with E-state index in [4.69, 9.17) is 29.4 Å². The fourth-order valence-electron chi connectivity index (χ4n) is 2.29. The van der Waals surface area contributed by atoms with Gasteiger partial charge < -0.3 is 58.5 Å². The Balaban J connectivity index is 0. The molecule has 2 rings (SSSR count). The summed E-state index contributed by atoms with van der Waals surface area (Å²) in [5, 5.41) is 12.0. The van der Waals surface area contributed by atoms with Crippen molar-refractivity contribution in [2.24, 2.45) is 0 Å². The second kappa shape index (κ2) is 14.5. The zero-order valence-corrected chi connectivity index (χ0v) is 26.3. The first-order chi connectivity index (χ1) is 15.2. The van der Waals surface area contributed by atoms with Gasteiger partial charge in [-0.15, -0.1) is 0 Å². The number of aliphatic hydroxyl groups is 2. The van der Waals surface area contributed by atoms with Gasteiger partial charge in [0.2, 0.25) is 10.2 Å². The maximum Gasteiger partial charge on any atom is 1.00 e. The fraction of sp³-hybridized carbons (Fsp3) is 0.286. The summed E-state index contributed by atoms with van der Waals surface area (Å²) < 4.78 is 43.8. The molecule has 192 valence electrons. The maximum atomic E-state index is 11.0. The van der Waals surface area contributed by atoms with Crippen molar-refractivity contribution in [2.45, 2.75) is 23.0 Å². The third-order valence-electron chi connectivity index (χ3n) is 4.17. The van der Waals surface area contributed by atoms with Crippen molar-refractivity contribution in [1.82, 2.24) is 9.97 Å². The summed E-state index contributed by atoms with van der Waals surface area (Å²) in [6, 6.07) is 5.40. The minimum atomic E-state index is -5.66. The molecule has 0 saturated carbocycles. The van der Waals surface area contributed by atoms with Crippen LogP contribution < -0.4 is 68.9 Å². The first-order valence-electron chi connectivity index (χ1n) is 8.57. The molecular weight excluding hydrogens is 590 g/mol. The van der Waals surface area contributed by atoms with Gasteiger partial charge in [-0.1, -0.05) is 12.1 Å². The van der Waals surface area contributed by atoms with Crippen molar-refractivity contribution in [2.75, 3.05) is 0 Å². The van der Waals surface area contributed by atoms with Crippen LogP contribution >= 0.6 is 30.4 Å². The monoisotopic (exact) mass is 610 g/mol. The molecule has 0 aliphatic heterocycles. The van der Waals surface area contributed by atoms with Crippen LogP contribution in [0.3, 0.4) is 0 Å². The summed E-state index contributed by atoms with van der Waals surface area (Å²) >= 11 is 0. The van der Waals surface area contributed by atoms with Crippen LogP contribution in [0.25, 0.3) is 0 Å². The molecule has 0 aliphatic rings. The standard InChI is InChI=1S/2C7H11NO7P2.2Na/c2*9-7(16(10,11)12,17(13,14)15)4-6-2-1-3-8-5-6;;/h2*1-3,5,9H,4H2,(H2,10,11,12)(H2,13,14,15);;/q;;2*+1/p-2. The van der Waals surface area contributed by atoms with E-state index in [1.165, 1.54) is 36.7 Å². The molecule has 2 aromatic rings. The summed E-state index contributed by atoms with van der Waals surface area (Å²) in [5.74, 6) is 0. The van der Waals surface area contributed by atoms with Gasteiger partial charge in [-0.2, -0.15) is 0 Å². The molecule has 4 unspecified atom stereocenters. The van der Waals surface area contributed by atoms with Gasteiger partial charge in [-0.25, -0.2) is 0 Å². The second-order valence-electron chi connectivity index (χ2n) is 6.75. The molecular formula is C14H20N2Na2O14P4. The Morgan fingerprint density at radius 1 is 0.667 bits per heavy atom. The van der Waals surface area contributed by atoms with Crippen molar-refractivity contribution >= 4 is 30.4 Å². The van der Waals surface area contributed by atoms with E-state index < -0.39 is 53.4 Å². The van der Waals surface area contributed by atoms with E-state index in [-0.39, 0.29) is 70.2 Å². The quantitative estimate of drug-likeness (QED) is 0.102. The predicted octanol–water partition coefficient (Wildman–Crippen LogP) is -8.00. The van der Waals surface area contributed by atoms with Crippen LogP contribution in [0.15, 0.2) is 49.1 Å². The van der Waals surface area contributed by atoms with Crippen molar-refractivity contribution in [3.8, 4) is 0 Å². The zero-order valence-electron chi connectivity index (χ0n) is 18.7. The van der Waals surface area contributed by atoms with Crippen LogP contribution in [-0.4, -0.2) is 59.7 Å². The smallest absolute Gasteiger partial charge is 0.776 e. The second-order valence-corrected chi connectivity index (χ2v) is 14.7. The zero-order chi connectivity index (χ0) is 26.6. The predicted molar refractivity (Wildman–Crippen MR) is 110 cm³/mol. The molecule has 0 spiro atoms. The minimum absolute atomic E-state index is 0. The Morgan fingerprint density at radius 3 is 1.11 bits per heavy atom. The van der Waals surface area contributed by atoms with Gasteiger partial charge in [-0.05, 0) is 23.3 Å². The summed E-state index contributed by atoms with van der Waals surface area (Å²) in [6.45, 7) is 0. The molecule has 0 amide bonds. The number of pyridine rings is 2. The number of hydrogen-bond acceptors (Lipinski definition) is 10. The van der Waals surface area contributed by atoms with Crippen molar-refractivity contribution in [3.63, 3.8) is 0 Å². The summed E-state index contributed by atoms with van der Waals surface area (Å²) in [5.41, 5.74) is 0.118. The van der Waals surface area contributed by atoms with E-state index in [2.05, 4.69) is 9.97 Å². The Hall–Kier alpha value is 0.820. The van der Waals surface area contributed by atoms with Gasteiger partial charge >= 0.3 is 74.3 Å². The molecule has 22 heteroatoms. The van der Waals surface area contributed by atoms with Crippen LogP contribution in [0.2, 0.25) is 0 Å². The third kappa shape index (κ3) is 10.1. The fourth-order valence-corrected chi connectivity index (χ4v) is 6.46. The van der Waals surface area contributed by atoms with Crippen molar-refractivity contribution < 1.29 is 127 Å². The van der Waals surface area contributed by atoms with E-state index >= 15 is 0 Å². The molecule has 0 fully saturated rings.